The van der Waals surface area contributed by atoms with Crippen molar-refractivity contribution in [3.8, 4) is 0 Å². The fourth-order valence-corrected chi connectivity index (χ4v) is 8.38. The van der Waals surface area contributed by atoms with E-state index in [1.54, 1.807) is 25.6 Å². The van der Waals surface area contributed by atoms with Crippen LogP contribution in [0.3, 0.4) is 0 Å². The number of Topliss-reactive ketones (excluding diaryl/α,β-unsaturated/α-hetero) is 2. The van der Waals surface area contributed by atoms with Crippen molar-refractivity contribution in [1.29, 1.82) is 0 Å². The Morgan fingerprint density at radius 1 is 0.892 bits per heavy atom. The van der Waals surface area contributed by atoms with Crippen molar-refractivity contribution in [3.63, 3.8) is 0 Å². The minimum Gasteiger partial charge on any atom is -0.465 e. The third kappa shape index (κ3) is 8.81. The van der Waals surface area contributed by atoms with Gasteiger partial charge in [0.1, 0.15) is 17.6 Å². The molecule has 0 amide bonds. The summed E-state index contributed by atoms with van der Waals surface area (Å²) in [4.78, 5) is 37.9. The van der Waals surface area contributed by atoms with Crippen LogP contribution in [0, 0.1) is 10.8 Å². The van der Waals surface area contributed by atoms with Crippen LogP contribution in [0.4, 0.5) is 0 Å². The van der Waals surface area contributed by atoms with Crippen LogP contribution in [-0.4, -0.2) is 47.2 Å². The second kappa shape index (κ2) is 13.6. The fourth-order valence-electron chi connectivity index (χ4n) is 6.68. The second-order valence-electron chi connectivity index (χ2n) is 12.5. The van der Waals surface area contributed by atoms with Crippen molar-refractivity contribution >= 4 is 29.3 Å². The minimum atomic E-state index is -0.561. The number of ketones is 2. The lowest BCUT2D eigenvalue weighted by atomic mass is 9.69. The quantitative estimate of drug-likeness (QED) is 0.203. The van der Waals surface area contributed by atoms with Gasteiger partial charge >= 0.3 is 5.97 Å². The van der Waals surface area contributed by atoms with Crippen molar-refractivity contribution in [3.05, 3.63) is 22.3 Å². The molecule has 6 heteroatoms. The van der Waals surface area contributed by atoms with E-state index >= 15 is 0 Å². The molecule has 3 atom stereocenters. The first-order valence-electron chi connectivity index (χ1n) is 14.1. The molecule has 0 aromatic rings. The van der Waals surface area contributed by atoms with E-state index in [1.165, 1.54) is 28.7 Å². The Labute approximate surface area is 230 Å². The molecule has 2 aliphatic rings. The molecule has 3 unspecified atom stereocenters. The number of hydrogen-bond acceptors (Lipinski definition) is 6. The van der Waals surface area contributed by atoms with Crippen molar-refractivity contribution in [1.82, 2.24) is 5.32 Å². The van der Waals surface area contributed by atoms with Gasteiger partial charge in [0, 0.05) is 29.9 Å². The zero-order valence-corrected chi connectivity index (χ0v) is 25.7. The van der Waals surface area contributed by atoms with E-state index in [0.717, 1.165) is 32.1 Å². The van der Waals surface area contributed by atoms with E-state index in [2.05, 4.69) is 46.9 Å². The number of esters is 1. The summed E-state index contributed by atoms with van der Waals surface area (Å²) in [5.74, 6) is 0.475. The predicted octanol–water partition coefficient (Wildman–Crippen LogP) is 6.99. The maximum Gasteiger partial charge on any atom is 0.324 e. The maximum atomic E-state index is 13.2. The molecule has 0 heterocycles. The number of hydrogen-bond donors (Lipinski definition) is 1. The van der Waals surface area contributed by atoms with Crippen LogP contribution in [0.2, 0.25) is 0 Å². The zero-order chi connectivity index (χ0) is 28.0. The lowest BCUT2D eigenvalue weighted by Gasteiger charge is -2.41. The molecule has 0 spiro atoms. The van der Waals surface area contributed by atoms with Crippen molar-refractivity contribution in [2.24, 2.45) is 10.8 Å². The highest BCUT2D eigenvalue weighted by Crippen LogP contribution is 2.46. The van der Waals surface area contributed by atoms with Gasteiger partial charge in [0.25, 0.3) is 0 Å². The molecule has 1 N–H and O–H groups in total. The molecule has 37 heavy (non-hydrogen) atoms. The first-order valence-corrected chi connectivity index (χ1v) is 15.2. The summed E-state index contributed by atoms with van der Waals surface area (Å²) in [6.07, 6.45) is 7.39. The second-order valence-corrected chi connectivity index (χ2v) is 13.8. The van der Waals surface area contributed by atoms with Crippen LogP contribution < -0.4 is 5.32 Å². The highest BCUT2D eigenvalue weighted by molar-refractivity contribution is 8.00. The number of thioether (sulfide) groups is 1. The number of nitrogens with one attached hydrogen (secondary N) is 1. The standard InChI is InChI=1S/C31H51NO4S/c1-10-36-29(35)25(32-24(17-22(4)33)27-20(2)13-11-15-30(27,6)7)19-37-26(18-23(5)34)28-21(3)14-12-16-31(28,8)9/h24-26,32H,10-19H2,1-9H3. The van der Waals surface area contributed by atoms with Gasteiger partial charge in [-0.2, -0.15) is 11.8 Å². The van der Waals surface area contributed by atoms with Crippen molar-refractivity contribution < 1.29 is 19.1 Å². The molecule has 0 bridgehead atoms. The Bertz CT molecular complexity index is 914. The summed E-state index contributed by atoms with van der Waals surface area (Å²) >= 11 is 1.69. The molecule has 0 fully saturated rings. The Balaban J connectivity index is 2.39. The Morgan fingerprint density at radius 2 is 1.41 bits per heavy atom. The predicted molar refractivity (Wildman–Crippen MR) is 155 cm³/mol. The van der Waals surface area contributed by atoms with Gasteiger partial charge in [-0.15, -0.1) is 0 Å². The largest absolute Gasteiger partial charge is 0.465 e. The van der Waals surface area contributed by atoms with Crippen LogP contribution in [-0.2, 0) is 19.1 Å². The smallest absolute Gasteiger partial charge is 0.324 e. The Kier molecular flexibility index (Phi) is 11.7. The molecule has 0 aromatic heterocycles. The van der Waals surface area contributed by atoms with E-state index in [9.17, 15) is 14.4 Å². The van der Waals surface area contributed by atoms with Gasteiger partial charge in [0.15, 0.2) is 0 Å². The first kappa shape index (κ1) is 31.8. The van der Waals surface area contributed by atoms with Gasteiger partial charge in [0.05, 0.1) is 6.61 Å². The van der Waals surface area contributed by atoms with Gasteiger partial charge in [-0.25, -0.2) is 0 Å². The summed E-state index contributed by atoms with van der Waals surface area (Å²) in [6, 6.07) is -0.768. The van der Waals surface area contributed by atoms with Crippen molar-refractivity contribution in [2.75, 3.05) is 12.4 Å². The molecule has 210 valence electrons. The van der Waals surface area contributed by atoms with Crippen LogP contribution in [0.5, 0.6) is 0 Å². The van der Waals surface area contributed by atoms with Gasteiger partial charge in [-0.05, 0) is 89.5 Å². The molecular weight excluding hydrogens is 482 g/mol. The van der Waals surface area contributed by atoms with E-state index in [4.69, 9.17) is 4.74 Å². The summed E-state index contributed by atoms with van der Waals surface area (Å²) in [6.45, 7) is 18.8. The van der Waals surface area contributed by atoms with Crippen LogP contribution in [0.25, 0.3) is 0 Å². The highest BCUT2D eigenvalue weighted by Gasteiger charge is 2.38. The number of rotatable bonds is 13. The molecule has 2 aliphatic carbocycles. The lowest BCUT2D eigenvalue weighted by molar-refractivity contribution is -0.145. The highest BCUT2D eigenvalue weighted by atomic mass is 32.2. The van der Waals surface area contributed by atoms with Crippen LogP contribution in [0.1, 0.15) is 114 Å². The molecule has 0 saturated carbocycles. The van der Waals surface area contributed by atoms with E-state index in [1.807, 2.05) is 6.92 Å². The monoisotopic (exact) mass is 533 g/mol. The van der Waals surface area contributed by atoms with Gasteiger partial charge in [-0.1, -0.05) is 44.4 Å². The summed E-state index contributed by atoms with van der Waals surface area (Å²) < 4.78 is 5.50. The van der Waals surface area contributed by atoms with Crippen LogP contribution >= 0.6 is 11.8 Å². The lowest BCUT2D eigenvalue weighted by Crippen LogP contribution is -2.50. The number of allylic oxidation sites excluding steroid dienone is 2. The van der Waals surface area contributed by atoms with Crippen molar-refractivity contribution in [2.45, 2.75) is 131 Å². The molecule has 0 aliphatic heterocycles. The van der Waals surface area contributed by atoms with Gasteiger partial charge in [-0.3, -0.25) is 19.7 Å². The van der Waals surface area contributed by atoms with Crippen LogP contribution in [0.15, 0.2) is 22.3 Å². The fraction of sp³-hybridized carbons (Fsp3) is 0.774. The summed E-state index contributed by atoms with van der Waals surface area (Å²) in [7, 11) is 0. The maximum absolute atomic E-state index is 13.2. The average molecular weight is 534 g/mol. The average Bonchev–Trinajstić information content (AvgIpc) is 2.74. The third-order valence-corrected chi connectivity index (χ3v) is 9.49. The molecule has 0 aromatic carbocycles. The molecular formula is C31H51NO4S. The number of carbonyl (C=O) groups is 3. The molecule has 5 nitrogen and oxygen atoms in total. The number of ether oxygens (including phenoxy) is 1. The van der Waals surface area contributed by atoms with Gasteiger partial charge < -0.3 is 4.74 Å². The number of carbonyl (C=O) groups excluding carboxylic acids is 3. The minimum absolute atomic E-state index is 0.0323. The molecule has 0 radical (unpaired) electrons. The van der Waals surface area contributed by atoms with Gasteiger partial charge in [0.2, 0.25) is 0 Å². The van der Waals surface area contributed by atoms with E-state index in [0.29, 0.717) is 25.2 Å². The molecule has 2 rings (SSSR count). The zero-order valence-electron chi connectivity index (χ0n) is 24.8. The Hall–Kier alpha value is -1.40. The third-order valence-electron chi connectivity index (χ3n) is 8.16. The Morgan fingerprint density at radius 3 is 1.86 bits per heavy atom. The van der Waals surface area contributed by atoms with E-state index < -0.39 is 6.04 Å². The van der Waals surface area contributed by atoms with E-state index in [-0.39, 0.29) is 39.7 Å². The first-order chi connectivity index (χ1) is 17.2. The summed E-state index contributed by atoms with van der Waals surface area (Å²) in [5, 5.41) is 3.63. The summed E-state index contributed by atoms with van der Waals surface area (Å²) in [5.41, 5.74) is 5.34. The SMILES string of the molecule is CCOC(=O)C(CSC(CC(C)=O)C1=C(C)CCCC1(C)C)NC(CC(C)=O)C1=C(C)CCCC1(C)C. The molecule has 0 saturated heterocycles. The normalized spacial score (nSPS) is 21.9. The topological polar surface area (TPSA) is 72.5 Å².